The fourth-order valence-electron chi connectivity index (χ4n) is 7.08. The number of fused-ring (bicyclic) bond motifs is 3. The quantitative estimate of drug-likeness (QED) is 0.305. The van der Waals surface area contributed by atoms with Crippen LogP contribution in [0.5, 0.6) is 5.75 Å². The summed E-state index contributed by atoms with van der Waals surface area (Å²) in [6, 6.07) is 11.3. The van der Waals surface area contributed by atoms with E-state index in [1.807, 2.05) is 6.07 Å². The van der Waals surface area contributed by atoms with Gasteiger partial charge < -0.3 is 14.7 Å². The van der Waals surface area contributed by atoms with Gasteiger partial charge in [0.25, 0.3) is 5.91 Å². The number of carbonyl (C=O) groups excluding carboxylic acids is 1. The Balaban J connectivity index is 1.51. The van der Waals surface area contributed by atoms with Crippen molar-refractivity contribution in [2.24, 2.45) is 11.3 Å². The van der Waals surface area contributed by atoms with Gasteiger partial charge in [-0.25, -0.2) is 13.1 Å². The number of allylic oxidation sites excluding steroid dienone is 1. The lowest BCUT2D eigenvalue weighted by Crippen LogP contribution is -2.53. The fourth-order valence-corrected chi connectivity index (χ4v) is 8.30. The number of ether oxygens (including phenoxy) is 1. The largest absolute Gasteiger partial charge is 0.490 e. The molecule has 0 aromatic heterocycles. The lowest BCUT2D eigenvalue weighted by molar-refractivity contribution is -0.0466. The van der Waals surface area contributed by atoms with E-state index in [-0.39, 0.29) is 22.3 Å². The highest BCUT2D eigenvalue weighted by Gasteiger charge is 2.49. The Hall–Kier alpha value is -2.81. The minimum Gasteiger partial charge on any atom is -0.490 e. The Kier molecular flexibility index (Phi) is 9.04. The molecule has 3 aliphatic rings. The third-order valence-corrected chi connectivity index (χ3v) is 12.1. The summed E-state index contributed by atoms with van der Waals surface area (Å²) in [6.45, 7) is 13.0. The van der Waals surface area contributed by atoms with Crippen LogP contribution in [0.1, 0.15) is 73.9 Å². The third kappa shape index (κ3) is 6.11. The second-order valence-corrected chi connectivity index (χ2v) is 15.4. The first kappa shape index (κ1) is 31.6. The number of anilines is 1. The molecule has 2 aliphatic carbocycles. The van der Waals surface area contributed by atoms with Crippen molar-refractivity contribution in [3.63, 3.8) is 0 Å². The van der Waals surface area contributed by atoms with E-state index in [0.717, 1.165) is 42.8 Å². The van der Waals surface area contributed by atoms with E-state index in [2.05, 4.69) is 41.8 Å². The zero-order valence-corrected chi connectivity index (χ0v) is 26.7. The molecule has 0 saturated heterocycles. The van der Waals surface area contributed by atoms with Gasteiger partial charge in [-0.2, -0.15) is 0 Å². The Morgan fingerprint density at radius 3 is 2.74 bits per heavy atom. The maximum Gasteiger partial charge on any atom is 0.264 e. The Bertz CT molecular complexity index is 1510. The Labute approximate surface area is 261 Å². The maximum absolute atomic E-state index is 13.3. The van der Waals surface area contributed by atoms with Crippen molar-refractivity contribution < 1.29 is 23.1 Å². The van der Waals surface area contributed by atoms with Crippen LogP contribution in [0.3, 0.4) is 0 Å². The van der Waals surface area contributed by atoms with Crippen molar-refractivity contribution >= 4 is 33.2 Å². The normalized spacial score (nSPS) is 26.1. The van der Waals surface area contributed by atoms with Crippen molar-refractivity contribution in [1.82, 2.24) is 4.72 Å². The molecule has 5 atom stereocenters. The number of aliphatic hydroxyl groups excluding tert-OH is 1. The lowest BCUT2D eigenvalue weighted by atomic mass is 9.58. The van der Waals surface area contributed by atoms with Gasteiger partial charge in [-0.05, 0) is 99.2 Å². The number of hydrogen-bond donors (Lipinski definition) is 2. The molecule has 2 aromatic rings. The first-order valence-electron chi connectivity index (χ1n) is 15.2. The van der Waals surface area contributed by atoms with Gasteiger partial charge in [-0.1, -0.05) is 36.7 Å². The van der Waals surface area contributed by atoms with Gasteiger partial charge in [0.05, 0.1) is 23.6 Å². The van der Waals surface area contributed by atoms with Crippen LogP contribution in [0.2, 0.25) is 5.02 Å². The van der Waals surface area contributed by atoms with Crippen LogP contribution in [0.15, 0.2) is 61.7 Å². The van der Waals surface area contributed by atoms with E-state index in [0.29, 0.717) is 38.3 Å². The first-order chi connectivity index (χ1) is 20.4. The minimum atomic E-state index is -3.86. The topological polar surface area (TPSA) is 95.9 Å². The zero-order chi connectivity index (χ0) is 31.0. The molecule has 232 valence electrons. The molecule has 1 heterocycles. The molecule has 43 heavy (non-hydrogen) atoms. The first-order valence-corrected chi connectivity index (χ1v) is 17.1. The SMILES string of the molecule is C=CCC[C@@H](C)S(=O)(=O)NC(=O)c1ccc2c(c1)N(C[C@@H]1CC[C@@]1(C)[C@H](O)C=C)C[C@@]1(CCCc3cc(Cl)ccc31)CO2. The van der Waals surface area contributed by atoms with E-state index in [1.165, 1.54) is 11.1 Å². The number of hydrogen-bond acceptors (Lipinski definition) is 6. The number of benzene rings is 2. The molecule has 0 bridgehead atoms. The summed E-state index contributed by atoms with van der Waals surface area (Å²) in [5.74, 6) is 0.183. The number of nitrogens with one attached hydrogen (secondary N) is 1. The maximum atomic E-state index is 13.3. The third-order valence-electron chi connectivity index (χ3n) is 10.1. The number of aliphatic hydroxyl groups is 1. The van der Waals surface area contributed by atoms with Crippen molar-refractivity contribution in [3.8, 4) is 5.75 Å². The smallest absolute Gasteiger partial charge is 0.264 e. The van der Waals surface area contributed by atoms with Gasteiger partial charge in [0.15, 0.2) is 0 Å². The molecule has 1 amide bonds. The van der Waals surface area contributed by atoms with Gasteiger partial charge in [0.1, 0.15) is 5.75 Å². The van der Waals surface area contributed by atoms with Crippen LogP contribution in [-0.2, 0) is 21.9 Å². The molecular weight excluding hydrogens is 584 g/mol. The molecule has 1 spiro atoms. The van der Waals surface area contributed by atoms with E-state index in [1.54, 1.807) is 37.3 Å². The van der Waals surface area contributed by atoms with Crippen LogP contribution in [0.4, 0.5) is 5.69 Å². The standard InChI is InChI=1S/C34H43ClN2O5S/c1-5-7-9-23(3)43(40,41)36-32(39)25-11-14-30-29(19-25)37(20-26-15-17-33(26,4)31(38)6-2)21-34(22-42-30)16-8-10-24-18-27(35)12-13-28(24)34/h5-6,11-14,18-19,23,26,31,38H,1-2,7-10,15-17,20-22H2,3-4H3,(H,36,39)/t23-,26+,31-,33-,34+/m1/s1. The molecular formula is C34H43ClN2O5S. The average molecular weight is 627 g/mol. The molecule has 2 N–H and O–H groups in total. The monoisotopic (exact) mass is 626 g/mol. The molecule has 5 rings (SSSR count). The summed E-state index contributed by atoms with van der Waals surface area (Å²) in [6.07, 6.45) is 8.36. The molecule has 2 aromatic carbocycles. The van der Waals surface area contributed by atoms with Gasteiger partial charge in [-0.3, -0.25) is 4.79 Å². The van der Waals surface area contributed by atoms with E-state index < -0.39 is 27.3 Å². The molecule has 7 nitrogen and oxygen atoms in total. The van der Waals surface area contributed by atoms with Crippen LogP contribution in [0.25, 0.3) is 0 Å². The molecule has 0 radical (unpaired) electrons. The summed E-state index contributed by atoms with van der Waals surface area (Å²) in [5.41, 5.74) is 2.89. The summed E-state index contributed by atoms with van der Waals surface area (Å²) in [4.78, 5) is 15.6. The van der Waals surface area contributed by atoms with Crippen LogP contribution >= 0.6 is 11.6 Å². The van der Waals surface area contributed by atoms with Crippen LogP contribution < -0.4 is 14.4 Å². The number of nitrogens with zero attached hydrogens (tertiary/aromatic N) is 1. The van der Waals surface area contributed by atoms with Crippen molar-refractivity contribution in [1.29, 1.82) is 0 Å². The zero-order valence-electron chi connectivity index (χ0n) is 25.1. The van der Waals surface area contributed by atoms with Gasteiger partial charge in [-0.15, -0.1) is 13.2 Å². The fraction of sp³-hybridized carbons (Fsp3) is 0.500. The summed E-state index contributed by atoms with van der Waals surface area (Å²) < 4.78 is 34.6. The number of carbonyl (C=O) groups is 1. The predicted octanol–water partition coefficient (Wildman–Crippen LogP) is 6.19. The van der Waals surface area contributed by atoms with Crippen LogP contribution in [-0.4, -0.2) is 50.5 Å². The van der Waals surface area contributed by atoms with Gasteiger partial charge in [0, 0.05) is 34.5 Å². The molecule has 9 heteroatoms. The highest BCUT2D eigenvalue weighted by molar-refractivity contribution is 7.90. The number of rotatable bonds is 10. The van der Waals surface area contributed by atoms with Crippen molar-refractivity contribution in [2.75, 3.05) is 24.6 Å². The van der Waals surface area contributed by atoms with E-state index in [9.17, 15) is 18.3 Å². The molecule has 0 unspecified atom stereocenters. The summed E-state index contributed by atoms with van der Waals surface area (Å²) in [7, 11) is -3.86. The highest BCUT2D eigenvalue weighted by atomic mass is 35.5. The van der Waals surface area contributed by atoms with Crippen molar-refractivity contribution in [2.45, 2.75) is 75.6 Å². The number of aryl methyl sites for hydroxylation is 1. The number of amides is 1. The second-order valence-electron chi connectivity index (χ2n) is 12.9. The van der Waals surface area contributed by atoms with E-state index in [4.69, 9.17) is 16.3 Å². The predicted molar refractivity (Wildman–Crippen MR) is 173 cm³/mol. The van der Waals surface area contributed by atoms with Crippen molar-refractivity contribution in [3.05, 3.63) is 83.4 Å². The highest BCUT2D eigenvalue weighted by Crippen LogP contribution is 2.52. The number of halogens is 1. The lowest BCUT2D eigenvalue weighted by Gasteiger charge is -2.52. The summed E-state index contributed by atoms with van der Waals surface area (Å²) >= 11 is 6.39. The Morgan fingerprint density at radius 1 is 1.26 bits per heavy atom. The van der Waals surface area contributed by atoms with Crippen LogP contribution in [0, 0.1) is 11.3 Å². The number of sulfonamides is 1. The Morgan fingerprint density at radius 2 is 2.05 bits per heavy atom. The van der Waals surface area contributed by atoms with Gasteiger partial charge in [0.2, 0.25) is 10.0 Å². The molecule has 1 aliphatic heterocycles. The minimum absolute atomic E-state index is 0.195. The second kappa shape index (κ2) is 12.3. The summed E-state index contributed by atoms with van der Waals surface area (Å²) in [5, 5.41) is 10.8. The molecule has 1 fully saturated rings. The molecule has 1 saturated carbocycles. The van der Waals surface area contributed by atoms with Gasteiger partial charge >= 0.3 is 0 Å². The average Bonchev–Trinajstić information content (AvgIpc) is 3.13. The van der Waals surface area contributed by atoms with E-state index >= 15 is 0 Å².